The maximum absolute atomic E-state index is 11.7. The molecule has 1 heterocycles. The van der Waals surface area contributed by atoms with E-state index in [1.165, 1.54) is 0 Å². The van der Waals surface area contributed by atoms with Gasteiger partial charge in [0.15, 0.2) is 0 Å². The molecule has 0 aliphatic heterocycles. The lowest BCUT2D eigenvalue weighted by atomic mass is 10.5. The summed E-state index contributed by atoms with van der Waals surface area (Å²) in [7, 11) is 0. The second kappa shape index (κ2) is 7.34. The summed E-state index contributed by atoms with van der Waals surface area (Å²) in [5.74, 6) is 0.838. The van der Waals surface area contributed by atoms with Gasteiger partial charge in [-0.2, -0.15) is 0 Å². The zero-order valence-electron chi connectivity index (χ0n) is 8.46. The van der Waals surface area contributed by atoms with Crippen LogP contribution in [0.1, 0.15) is 5.89 Å². The first-order valence-corrected chi connectivity index (χ1v) is 5.24. The van der Waals surface area contributed by atoms with Gasteiger partial charge in [-0.3, -0.25) is 0 Å². The van der Waals surface area contributed by atoms with Crippen molar-refractivity contribution in [2.45, 2.75) is 12.8 Å². The first-order chi connectivity index (χ1) is 7.72. The Morgan fingerprint density at radius 2 is 2.25 bits per heavy atom. The summed E-state index contributed by atoms with van der Waals surface area (Å²) in [6.45, 7) is -0.0875. The van der Waals surface area contributed by atoms with Crippen LogP contribution in [0.15, 0.2) is 4.42 Å². The summed E-state index contributed by atoms with van der Waals surface area (Å²) in [4.78, 5) is 0. The Labute approximate surface area is 96.1 Å². The molecule has 8 heteroatoms. The summed E-state index contributed by atoms with van der Waals surface area (Å²) in [6.07, 6.45) is -1.95. The molecule has 0 atom stereocenters. The lowest BCUT2D eigenvalue weighted by molar-refractivity contribution is 0.0214. The van der Waals surface area contributed by atoms with Gasteiger partial charge in [0.05, 0.1) is 6.61 Å². The van der Waals surface area contributed by atoms with Gasteiger partial charge in [-0.05, 0) is 0 Å². The maximum Gasteiger partial charge on any atom is 0.315 e. The fourth-order valence-electron chi connectivity index (χ4n) is 0.909. The Hall–Kier alpha value is -0.950. The van der Waals surface area contributed by atoms with Crippen LogP contribution in [0.4, 0.5) is 14.8 Å². The van der Waals surface area contributed by atoms with Crippen molar-refractivity contribution < 1.29 is 17.9 Å². The highest BCUT2D eigenvalue weighted by Crippen LogP contribution is 2.05. The lowest BCUT2D eigenvalue weighted by Gasteiger charge is -2.02. The third-order valence-corrected chi connectivity index (χ3v) is 1.73. The van der Waals surface area contributed by atoms with E-state index in [1.54, 1.807) is 0 Å². The molecule has 0 aliphatic rings. The van der Waals surface area contributed by atoms with Crippen molar-refractivity contribution in [1.82, 2.24) is 10.2 Å². The summed E-state index contributed by atoms with van der Waals surface area (Å²) in [6, 6.07) is 0.237. The van der Waals surface area contributed by atoms with Crippen molar-refractivity contribution in [3.05, 3.63) is 5.89 Å². The van der Waals surface area contributed by atoms with Crippen LogP contribution in [0.25, 0.3) is 0 Å². The number of ether oxygens (including phenoxy) is 1. The zero-order chi connectivity index (χ0) is 11.8. The average molecular weight is 256 g/mol. The molecular weight excluding hydrogens is 244 g/mol. The van der Waals surface area contributed by atoms with E-state index in [2.05, 4.69) is 20.3 Å². The second-order valence-corrected chi connectivity index (χ2v) is 3.21. The van der Waals surface area contributed by atoms with Crippen LogP contribution in [-0.4, -0.2) is 42.3 Å². The molecule has 0 fully saturated rings. The molecular formula is C8H12ClF2N3O2. The van der Waals surface area contributed by atoms with Crippen molar-refractivity contribution in [2.75, 3.05) is 31.0 Å². The molecule has 92 valence electrons. The molecule has 0 aliphatic carbocycles. The number of alkyl halides is 3. The highest BCUT2D eigenvalue weighted by Gasteiger charge is 2.05. The van der Waals surface area contributed by atoms with E-state index < -0.39 is 13.0 Å². The Bertz CT molecular complexity index is 299. The first-order valence-electron chi connectivity index (χ1n) is 4.70. The van der Waals surface area contributed by atoms with Crippen LogP contribution in [-0.2, 0) is 11.2 Å². The number of rotatable bonds is 8. The summed E-state index contributed by atoms with van der Waals surface area (Å²) < 4.78 is 33.1. The standard InChI is InChI=1S/C8H12ClF2N3O2/c9-2-1-7-13-14-8(16-7)12-3-4-15-5-6(10)11/h6H,1-5H2,(H,12,14). The largest absolute Gasteiger partial charge is 0.408 e. The van der Waals surface area contributed by atoms with Gasteiger partial charge in [0, 0.05) is 18.8 Å². The molecule has 0 spiro atoms. The second-order valence-electron chi connectivity index (χ2n) is 2.83. The fraction of sp³-hybridized carbons (Fsp3) is 0.750. The number of hydrogen-bond acceptors (Lipinski definition) is 5. The number of nitrogens with one attached hydrogen (secondary N) is 1. The summed E-state index contributed by atoms with van der Waals surface area (Å²) in [5, 5.41) is 10.1. The van der Waals surface area contributed by atoms with Gasteiger partial charge in [-0.25, -0.2) is 8.78 Å². The SMILES string of the molecule is FC(F)COCCNc1nnc(CCCl)o1. The van der Waals surface area contributed by atoms with Crippen LogP contribution in [0.3, 0.4) is 0 Å². The van der Waals surface area contributed by atoms with Gasteiger partial charge < -0.3 is 14.5 Å². The summed E-state index contributed by atoms with van der Waals surface area (Å²) >= 11 is 5.48. The van der Waals surface area contributed by atoms with Crippen molar-refractivity contribution >= 4 is 17.6 Å². The van der Waals surface area contributed by atoms with Crippen LogP contribution >= 0.6 is 11.6 Å². The van der Waals surface area contributed by atoms with Gasteiger partial charge in [-0.1, -0.05) is 5.10 Å². The Morgan fingerprint density at radius 3 is 2.94 bits per heavy atom. The molecule has 0 aromatic carbocycles. The van der Waals surface area contributed by atoms with Gasteiger partial charge >= 0.3 is 6.01 Å². The van der Waals surface area contributed by atoms with E-state index in [0.717, 1.165) is 0 Å². The van der Waals surface area contributed by atoms with E-state index in [0.29, 0.717) is 24.7 Å². The molecule has 0 saturated heterocycles. The molecule has 0 unspecified atom stereocenters. The summed E-state index contributed by atoms with van der Waals surface area (Å²) in [5.41, 5.74) is 0. The van der Waals surface area contributed by atoms with E-state index in [4.69, 9.17) is 16.0 Å². The minimum absolute atomic E-state index is 0.150. The Morgan fingerprint density at radius 1 is 1.44 bits per heavy atom. The molecule has 0 saturated carbocycles. The van der Waals surface area contributed by atoms with Gasteiger partial charge in [0.2, 0.25) is 5.89 Å². The van der Waals surface area contributed by atoms with Crippen molar-refractivity contribution in [3.8, 4) is 0 Å². The van der Waals surface area contributed by atoms with Gasteiger partial charge in [0.25, 0.3) is 6.43 Å². The molecule has 16 heavy (non-hydrogen) atoms. The maximum atomic E-state index is 11.7. The van der Waals surface area contributed by atoms with E-state index in [-0.39, 0.29) is 12.6 Å². The van der Waals surface area contributed by atoms with Gasteiger partial charge in [-0.15, -0.1) is 16.7 Å². The fourth-order valence-corrected chi connectivity index (χ4v) is 1.07. The van der Waals surface area contributed by atoms with Crippen molar-refractivity contribution in [1.29, 1.82) is 0 Å². The Balaban J connectivity index is 2.12. The smallest absolute Gasteiger partial charge is 0.315 e. The molecule has 0 amide bonds. The highest BCUT2D eigenvalue weighted by molar-refractivity contribution is 6.17. The number of hydrogen-bond donors (Lipinski definition) is 1. The number of anilines is 1. The zero-order valence-corrected chi connectivity index (χ0v) is 9.21. The predicted molar refractivity (Wildman–Crippen MR) is 54.0 cm³/mol. The molecule has 0 bridgehead atoms. The number of halogens is 3. The molecule has 1 rings (SSSR count). The molecule has 5 nitrogen and oxygen atoms in total. The first kappa shape index (κ1) is 13.1. The Kier molecular flexibility index (Phi) is 6.02. The van der Waals surface area contributed by atoms with E-state index in [1.807, 2.05) is 0 Å². The van der Waals surface area contributed by atoms with Crippen LogP contribution in [0, 0.1) is 0 Å². The van der Waals surface area contributed by atoms with Crippen molar-refractivity contribution in [2.24, 2.45) is 0 Å². The minimum atomic E-state index is -2.45. The van der Waals surface area contributed by atoms with Crippen LogP contribution in [0.5, 0.6) is 0 Å². The monoisotopic (exact) mass is 255 g/mol. The average Bonchev–Trinajstić information content (AvgIpc) is 2.65. The van der Waals surface area contributed by atoms with Gasteiger partial charge in [0.1, 0.15) is 6.61 Å². The lowest BCUT2D eigenvalue weighted by Crippen LogP contribution is -2.13. The third-order valence-electron chi connectivity index (χ3n) is 1.54. The number of nitrogens with zero attached hydrogens (tertiary/aromatic N) is 2. The quantitative estimate of drug-likeness (QED) is 0.564. The molecule has 1 aromatic heterocycles. The molecule has 1 N–H and O–H groups in total. The molecule has 1 aromatic rings. The normalized spacial score (nSPS) is 11.0. The number of aromatic nitrogens is 2. The topological polar surface area (TPSA) is 60.2 Å². The van der Waals surface area contributed by atoms with E-state index >= 15 is 0 Å². The number of aryl methyl sites for hydroxylation is 1. The van der Waals surface area contributed by atoms with E-state index in [9.17, 15) is 8.78 Å². The molecule has 0 radical (unpaired) electrons. The van der Waals surface area contributed by atoms with Crippen molar-refractivity contribution in [3.63, 3.8) is 0 Å². The predicted octanol–water partition coefficient (Wildman–Crippen LogP) is 1.54. The van der Waals surface area contributed by atoms with Crippen LogP contribution in [0.2, 0.25) is 0 Å². The van der Waals surface area contributed by atoms with Crippen LogP contribution < -0.4 is 5.32 Å². The third kappa shape index (κ3) is 5.22. The minimum Gasteiger partial charge on any atom is -0.408 e. The highest BCUT2D eigenvalue weighted by atomic mass is 35.5.